The standard InChI is InChI=1S/C47H60BrClFN5O6/c1-8-37-41(42(51-53(37)7)38(21-24-54-25-28-58-29-26-54)52(6)46(57)61-47(3,4)5)40-36(49)20-19-35-34(44(45(56)59-9-2)55(43(35)40)23-11-10-22-48)15-13-27-60-39-16-12-14-31-30-32(50)17-18-33(31)39/h12,14,16-20,30,38H,8-11,13,15,21-29H2,1-7H3. The van der Waals surface area contributed by atoms with Crippen molar-refractivity contribution in [2.45, 2.75) is 91.3 Å². The van der Waals surface area contributed by atoms with E-state index in [1.165, 1.54) is 12.1 Å². The maximum atomic E-state index is 14.2. The van der Waals surface area contributed by atoms with Gasteiger partial charge in [-0.05, 0) is 108 Å². The smallest absolute Gasteiger partial charge is 0.410 e. The molecule has 0 saturated carbocycles. The number of esters is 1. The van der Waals surface area contributed by atoms with Crippen LogP contribution in [0.1, 0.15) is 93.8 Å². The Balaban J connectivity index is 1.50. The lowest BCUT2D eigenvalue weighted by molar-refractivity contribution is 0.0148. The fourth-order valence-corrected chi connectivity index (χ4v) is 9.03. The van der Waals surface area contributed by atoms with Gasteiger partial charge in [0.15, 0.2) is 0 Å². The first-order valence-corrected chi connectivity index (χ1v) is 23.0. The molecule has 0 radical (unpaired) electrons. The van der Waals surface area contributed by atoms with E-state index in [0.717, 1.165) is 75.3 Å². The van der Waals surface area contributed by atoms with Crippen LogP contribution in [0.4, 0.5) is 9.18 Å². The van der Waals surface area contributed by atoms with Crippen molar-refractivity contribution in [1.82, 2.24) is 24.1 Å². The van der Waals surface area contributed by atoms with Crippen LogP contribution in [-0.4, -0.2) is 100 Å². The molecule has 61 heavy (non-hydrogen) atoms. The molecule has 0 spiro atoms. The molecule has 2 aromatic heterocycles. The highest BCUT2D eigenvalue weighted by molar-refractivity contribution is 9.09. The molecule has 1 fully saturated rings. The Kier molecular flexibility index (Phi) is 15.8. The third kappa shape index (κ3) is 10.7. The summed E-state index contributed by atoms with van der Waals surface area (Å²) in [6, 6.07) is 13.7. The zero-order valence-electron chi connectivity index (χ0n) is 36.6. The normalized spacial score (nSPS) is 14.1. The van der Waals surface area contributed by atoms with Gasteiger partial charge in [-0.2, -0.15) is 5.10 Å². The van der Waals surface area contributed by atoms with Crippen molar-refractivity contribution in [3.8, 4) is 16.9 Å². The molecule has 3 aromatic carbocycles. The highest BCUT2D eigenvalue weighted by Crippen LogP contribution is 2.45. The molecule has 1 atom stereocenters. The van der Waals surface area contributed by atoms with Crippen LogP contribution in [0.3, 0.4) is 0 Å². The van der Waals surface area contributed by atoms with Gasteiger partial charge in [0.2, 0.25) is 0 Å². The van der Waals surface area contributed by atoms with Gasteiger partial charge in [0.05, 0.1) is 48.7 Å². The number of rotatable bonds is 18. The van der Waals surface area contributed by atoms with Gasteiger partial charge in [-0.25, -0.2) is 14.0 Å². The number of amides is 1. The highest BCUT2D eigenvalue weighted by Gasteiger charge is 2.35. The number of alkyl halides is 1. The number of benzene rings is 3. The number of hydrogen-bond donors (Lipinski definition) is 0. The largest absolute Gasteiger partial charge is 0.493 e. The first-order valence-electron chi connectivity index (χ1n) is 21.5. The van der Waals surface area contributed by atoms with Crippen molar-refractivity contribution >= 4 is 61.3 Å². The zero-order valence-corrected chi connectivity index (χ0v) is 39.0. The Bertz CT molecular complexity index is 2320. The summed E-state index contributed by atoms with van der Waals surface area (Å²) in [7, 11) is 3.71. The van der Waals surface area contributed by atoms with Crippen LogP contribution in [0.5, 0.6) is 5.75 Å². The van der Waals surface area contributed by atoms with Crippen LogP contribution in [0.15, 0.2) is 48.5 Å². The summed E-state index contributed by atoms with van der Waals surface area (Å²) < 4.78 is 41.7. The quantitative estimate of drug-likeness (QED) is 0.0487. The van der Waals surface area contributed by atoms with Crippen molar-refractivity contribution in [3.63, 3.8) is 0 Å². The van der Waals surface area contributed by atoms with Crippen LogP contribution in [0, 0.1) is 5.82 Å². The Hall–Kier alpha value is -4.17. The number of halogens is 3. The number of aryl methyl sites for hydroxylation is 3. The van der Waals surface area contributed by atoms with Crippen molar-refractivity contribution < 1.29 is 32.9 Å². The van der Waals surface area contributed by atoms with Gasteiger partial charge in [-0.1, -0.05) is 52.7 Å². The summed E-state index contributed by atoms with van der Waals surface area (Å²) in [5, 5.41) is 9.02. The van der Waals surface area contributed by atoms with E-state index in [2.05, 4.69) is 32.3 Å². The van der Waals surface area contributed by atoms with Crippen LogP contribution in [0.2, 0.25) is 5.02 Å². The fourth-order valence-electron chi connectivity index (χ4n) is 8.38. The van der Waals surface area contributed by atoms with Gasteiger partial charge in [-0.3, -0.25) is 9.58 Å². The number of aromatic nitrogens is 3. The summed E-state index contributed by atoms with van der Waals surface area (Å²) in [5.74, 6) is -0.0296. The van der Waals surface area contributed by atoms with E-state index in [9.17, 15) is 14.0 Å². The number of unbranched alkanes of at least 4 members (excludes halogenated alkanes) is 1. The Morgan fingerprint density at radius 2 is 1.77 bits per heavy atom. The van der Waals surface area contributed by atoms with Crippen LogP contribution in [0.25, 0.3) is 32.8 Å². The number of morpholine rings is 1. The lowest BCUT2D eigenvalue weighted by Gasteiger charge is -2.33. The van der Waals surface area contributed by atoms with E-state index in [0.29, 0.717) is 80.8 Å². The Labute approximate surface area is 372 Å². The van der Waals surface area contributed by atoms with E-state index in [1.807, 2.05) is 69.8 Å². The second kappa shape index (κ2) is 20.8. The summed E-state index contributed by atoms with van der Waals surface area (Å²) in [6.45, 7) is 14.3. The molecule has 330 valence electrons. The van der Waals surface area contributed by atoms with Crippen LogP contribution in [-0.2, 0) is 40.6 Å². The average Bonchev–Trinajstić information content (AvgIpc) is 3.72. The molecule has 1 aliphatic rings. The second-order valence-corrected chi connectivity index (χ2v) is 17.7. The predicted octanol–water partition coefficient (Wildman–Crippen LogP) is 10.5. The van der Waals surface area contributed by atoms with Crippen molar-refractivity contribution in [2.24, 2.45) is 7.05 Å². The Morgan fingerprint density at radius 3 is 2.48 bits per heavy atom. The SMILES string of the molecule is CCOC(=O)c1c(CCCOc2cccc3cc(F)ccc23)c2ccc(Cl)c(-c3c(C(CCN4CCOCC4)N(C)C(=O)OC(C)(C)C)nn(C)c3CC)c2n1CCCCBr. The first kappa shape index (κ1) is 46.3. The molecule has 1 unspecified atom stereocenters. The number of carbonyl (C=O) groups excluding carboxylic acids is 2. The number of ether oxygens (including phenoxy) is 4. The molecule has 1 amide bonds. The second-order valence-electron chi connectivity index (χ2n) is 16.5. The molecule has 11 nitrogen and oxygen atoms in total. The number of hydrogen-bond acceptors (Lipinski definition) is 8. The van der Waals surface area contributed by atoms with Crippen molar-refractivity contribution in [3.05, 3.63) is 82.0 Å². The van der Waals surface area contributed by atoms with Gasteiger partial charge in [-0.15, -0.1) is 0 Å². The molecule has 6 rings (SSSR count). The maximum absolute atomic E-state index is 14.2. The molecule has 1 aliphatic heterocycles. The van der Waals surface area contributed by atoms with Crippen molar-refractivity contribution in [2.75, 3.05) is 58.4 Å². The molecule has 0 bridgehead atoms. The maximum Gasteiger partial charge on any atom is 0.410 e. The summed E-state index contributed by atoms with van der Waals surface area (Å²) in [5.41, 5.74) is 4.75. The van der Waals surface area contributed by atoms with E-state index in [-0.39, 0.29) is 12.4 Å². The third-order valence-electron chi connectivity index (χ3n) is 11.2. The predicted molar refractivity (Wildman–Crippen MR) is 244 cm³/mol. The lowest BCUT2D eigenvalue weighted by atomic mass is 9.93. The summed E-state index contributed by atoms with van der Waals surface area (Å²) >= 11 is 11.0. The summed E-state index contributed by atoms with van der Waals surface area (Å²) in [6.07, 6.45) is 3.57. The van der Waals surface area contributed by atoms with Crippen LogP contribution >= 0.6 is 27.5 Å². The minimum absolute atomic E-state index is 0.216. The monoisotopic (exact) mass is 923 g/mol. The van der Waals surface area contributed by atoms with E-state index in [1.54, 1.807) is 18.0 Å². The minimum Gasteiger partial charge on any atom is -0.493 e. The molecule has 3 heterocycles. The molecule has 1 saturated heterocycles. The lowest BCUT2D eigenvalue weighted by Crippen LogP contribution is -2.41. The number of nitrogens with zero attached hydrogens (tertiary/aromatic N) is 5. The third-order valence-corrected chi connectivity index (χ3v) is 12.1. The topological polar surface area (TPSA) is 100 Å². The number of carbonyl (C=O) groups is 2. The van der Waals surface area contributed by atoms with Gasteiger partial charge in [0, 0.05) is 73.2 Å². The van der Waals surface area contributed by atoms with E-state index in [4.69, 9.17) is 35.6 Å². The first-order chi connectivity index (χ1) is 29.3. The molecule has 5 aromatic rings. The molecular formula is C47H60BrClFN5O6. The Morgan fingerprint density at radius 1 is 1.02 bits per heavy atom. The van der Waals surface area contributed by atoms with Gasteiger partial charge in [0.25, 0.3) is 0 Å². The number of fused-ring (bicyclic) bond motifs is 2. The molecule has 0 aliphatic carbocycles. The minimum atomic E-state index is -0.703. The molecular weight excluding hydrogens is 865 g/mol. The van der Waals surface area contributed by atoms with E-state index >= 15 is 0 Å². The highest BCUT2D eigenvalue weighted by atomic mass is 79.9. The van der Waals surface area contributed by atoms with Gasteiger partial charge in [0.1, 0.15) is 22.9 Å². The van der Waals surface area contributed by atoms with E-state index < -0.39 is 23.7 Å². The van der Waals surface area contributed by atoms with Gasteiger partial charge < -0.3 is 28.4 Å². The molecule has 14 heteroatoms. The molecule has 0 N–H and O–H groups in total. The summed E-state index contributed by atoms with van der Waals surface area (Å²) in [4.78, 5) is 32.2. The average molecular weight is 925 g/mol. The van der Waals surface area contributed by atoms with Gasteiger partial charge >= 0.3 is 12.1 Å². The van der Waals surface area contributed by atoms with Crippen molar-refractivity contribution in [1.29, 1.82) is 0 Å². The fraction of sp³-hybridized carbons (Fsp3) is 0.511. The van der Waals surface area contributed by atoms with Crippen LogP contribution < -0.4 is 4.74 Å². The zero-order chi connectivity index (χ0) is 43.8.